The predicted octanol–water partition coefficient (Wildman–Crippen LogP) is 14.3. The second kappa shape index (κ2) is 45.3. The number of nitrogens with zero attached hydrogens (tertiary/aromatic N) is 1. The van der Waals surface area contributed by atoms with Crippen LogP contribution in [0.2, 0.25) is 0 Å². The molecule has 0 spiro atoms. The Morgan fingerprint density at radius 3 is 1.20 bits per heavy atom. The van der Waals surface area contributed by atoms with Gasteiger partial charge in [0.2, 0.25) is 0 Å². The number of aliphatic hydroxyl groups excluding tert-OH is 1. The van der Waals surface area contributed by atoms with Crippen molar-refractivity contribution in [3.8, 4) is 0 Å². The predicted molar refractivity (Wildman–Crippen MR) is 250 cm³/mol. The first-order valence-electron chi connectivity index (χ1n) is 23.2. The van der Waals surface area contributed by atoms with Crippen LogP contribution in [0.15, 0.2) is 0 Å². The molecule has 0 aromatic rings. The number of esters is 2. The molecule has 6 nitrogen and oxygen atoms in total. The molecule has 2 atom stereocenters. The lowest BCUT2D eigenvalue weighted by atomic mass is 10.0. The molecule has 0 bridgehead atoms. The van der Waals surface area contributed by atoms with E-state index in [9.17, 15) is 14.7 Å². The number of unbranched alkanes of at least 4 members (excludes halogenated alkanes) is 18. The number of rotatable bonds is 45. The van der Waals surface area contributed by atoms with E-state index in [1.54, 1.807) is 0 Å². The highest BCUT2D eigenvalue weighted by atomic mass is 33.1. The molecule has 2 unspecified atom stereocenters. The Bertz CT molecular complexity index is 753. The van der Waals surface area contributed by atoms with Crippen LogP contribution in [0.25, 0.3) is 0 Å². The lowest BCUT2D eigenvalue weighted by molar-refractivity contribution is -0.143. The first kappa shape index (κ1) is 55.3. The summed E-state index contributed by atoms with van der Waals surface area (Å²) >= 11 is 0. The molecule has 0 rings (SSSR count). The fourth-order valence-electron chi connectivity index (χ4n) is 6.65. The van der Waals surface area contributed by atoms with Gasteiger partial charge in [-0.25, -0.2) is 0 Å². The van der Waals surface area contributed by atoms with Crippen LogP contribution in [0.3, 0.4) is 0 Å². The zero-order valence-corrected chi connectivity index (χ0v) is 39.7. The summed E-state index contributed by atoms with van der Waals surface area (Å²) in [5.41, 5.74) is 0. The average Bonchev–Trinajstić information content (AvgIpc) is 3.19. The molecule has 10 heteroatoms. The van der Waals surface area contributed by atoms with Gasteiger partial charge in [0.15, 0.2) is 0 Å². The Morgan fingerprint density at radius 2 is 0.818 bits per heavy atom. The van der Waals surface area contributed by atoms with E-state index in [0.29, 0.717) is 49.6 Å². The molecular weight excluding hydrogens is 763 g/mol. The molecule has 0 aliphatic heterocycles. The quantitative estimate of drug-likeness (QED) is 0.0364. The highest BCUT2D eigenvalue weighted by Crippen LogP contribution is 2.34. The van der Waals surface area contributed by atoms with Gasteiger partial charge in [0.1, 0.15) is 13.2 Å². The second-order valence-electron chi connectivity index (χ2n) is 15.5. The number of aliphatic hydroxyl groups is 1. The second-order valence-corrected chi connectivity index (χ2v) is 21.0. The molecule has 0 aromatic carbocycles. The number of carbonyl (C=O) groups is 2. The molecule has 0 saturated carbocycles. The summed E-state index contributed by atoms with van der Waals surface area (Å²) in [6, 6.07) is 0. The van der Waals surface area contributed by atoms with E-state index in [0.717, 1.165) is 37.3 Å². The minimum atomic E-state index is -0.161. The highest BCUT2D eigenvalue weighted by Gasteiger charge is 2.15. The maximum atomic E-state index is 12.7. The van der Waals surface area contributed by atoms with Gasteiger partial charge in [-0.1, -0.05) is 199 Å². The molecule has 0 aliphatic rings. The van der Waals surface area contributed by atoms with Crippen molar-refractivity contribution in [3.05, 3.63) is 0 Å². The zero-order valence-electron chi connectivity index (χ0n) is 36.5. The highest BCUT2D eigenvalue weighted by molar-refractivity contribution is 8.77. The average molecular weight is 852 g/mol. The first-order chi connectivity index (χ1) is 27.0. The summed E-state index contributed by atoms with van der Waals surface area (Å²) in [5.74, 6) is 1.33. The Morgan fingerprint density at radius 1 is 0.473 bits per heavy atom. The van der Waals surface area contributed by atoms with Crippen LogP contribution in [-0.4, -0.2) is 83.4 Å². The van der Waals surface area contributed by atoms with Crippen LogP contribution in [0.1, 0.15) is 214 Å². The molecule has 0 radical (unpaired) electrons. The standard InChI is InChI=1S/C45H89NO5S4/c1-5-9-13-17-19-24-30-42(28-22-15-11-7-3)54-52-40-38-50-44(48)32-35-46(34-26-21-27-37-47)36-33-45(49)51-39-41-53-55-43(29-23-16-12-8-4)31-25-20-18-14-10-6-2/h42-43,47H,5-41H2,1-4H3. The molecule has 55 heavy (non-hydrogen) atoms. The van der Waals surface area contributed by atoms with Crippen molar-refractivity contribution in [3.63, 3.8) is 0 Å². The van der Waals surface area contributed by atoms with Gasteiger partial charge in [0, 0.05) is 41.7 Å². The van der Waals surface area contributed by atoms with Gasteiger partial charge in [0.25, 0.3) is 0 Å². The van der Waals surface area contributed by atoms with Gasteiger partial charge in [-0.3, -0.25) is 9.59 Å². The summed E-state index contributed by atoms with van der Waals surface area (Å²) in [6.07, 6.45) is 35.2. The fourth-order valence-corrected chi connectivity index (χ4v) is 11.9. The number of ether oxygens (including phenoxy) is 2. The van der Waals surface area contributed by atoms with Crippen molar-refractivity contribution < 1.29 is 24.2 Å². The Balaban J connectivity index is 4.49. The van der Waals surface area contributed by atoms with Gasteiger partial charge in [-0.2, -0.15) is 0 Å². The van der Waals surface area contributed by atoms with Crippen LogP contribution in [0.4, 0.5) is 0 Å². The van der Waals surface area contributed by atoms with Crippen LogP contribution >= 0.6 is 43.2 Å². The van der Waals surface area contributed by atoms with Gasteiger partial charge in [0.05, 0.1) is 12.8 Å². The summed E-state index contributed by atoms with van der Waals surface area (Å²) in [5, 5.41) is 10.6. The van der Waals surface area contributed by atoms with Crippen molar-refractivity contribution in [1.82, 2.24) is 4.90 Å². The molecule has 1 N–H and O–H groups in total. The van der Waals surface area contributed by atoms with Crippen LogP contribution in [0, 0.1) is 0 Å². The molecule has 0 heterocycles. The van der Waals surface area contributed by atoms with E-state index in [-0.39, 0.29) is 18.5 Å². The van der Waals surface area contributed by atoms with Crippen LogP contribution in [0.5, 0.6) is 0 Å². The first-order valence-corrected chi connectivity index (χ1v) is 28.0. The topological polar surface area (TPSA) is 76.1 Å². The maximum Gasteiger partial charge on any atom is 0.307 e. The molecule has 0 aromatic heterocycles. The third-order valence-electron chi connectivity index (χ3n) is 10.2. The van der Waals surface area contributed by atoms with E-state index >= 15 is 0 Å². The van der Waals surface area contributed by atoms with E-state index in [1.807, 2.05) is 43.2 Å². The van der Waals surface area contributed by atoms with Gasteiger partial charge in [-0.15, -0.1) is 0 Å². The molecule has 0 saturated heterocycles. The SMILES string of the molecule is CCCCCCCCC(CCCCCC)SSCCOC(=O)CCN(CCCCCO)CCC(=O)OCCSSC(CCCCCC)CCCCCCCC. The zero-order chi connectivity index (χ0) is 40.3. The maximum absolute atomic E-state index is 12.7. The summed E-state index contributed by atoms with van der Waals surface area (Å²) in [7, 11) is 7.75. The Hall–Kier alpha value is 0.260. The Kier molecular flexibility index (Phi) is 45.6. The third-order valence-corrected chi connectivity index (χ3v) is 16.1. The van der Waals surface area contributed by atoms with Crippen molar-refractivity contribution in [1.29, 1.82) is 0 Å². The van der Waals surface area contributed by atoms with E-state index in [4.69, 9.17) is 9.47 Å². The van der Waals surface area contributed by atoms with Crippen molar-refractivity contribution in [2.24, 2.45) is 0 Å². The minimum absolute atomic E-state index is 0.161. The lowest BCUT2D eigenvalue weighted by Crippen LogP contribution is -2.31. The van der Waals surface area contributed by atoms with Gasteiger partial charge < -0.3 is 19.5 Å². The lowest BCUT2D eigenvalue weighted by Gasteiger charge is -2.21. The molecular formula is C45H89NO5S4. The number of hydrogen-bond acceptors (Lipinski definition) is 10. The van der Waals surface area contributed by atoms with Gasteiger partial charge in [-0.05, 0) is 51.5 Å². The number of carbonyl (C=O) groups excluding carboxylic acids is 2. The smallest absolute Gasteiger partial charge is 0.307 e. The molecule has 0 fully saturated rings. The van der Waals surface area contributed by atoms with Crippen LogP contribution < -0.4 is 0 Å². The van der Waals surface area contributed by atoms with E-state index in [2.05, 4.69) is 32.6 Å². The molecule has 0 aliphatic carbocycles. The summed E-state index contributed by atoms with van der Waals surface area (Å²) in [4.78, 5) is 27.5. The van der Waals surface area contributed by atoms with E-state index in [1.165, 1.54) is 154 Å². The number of hydrogen-bond donors (Lipinski definition) is 1. The van der Waals surface area contributed by atoms with E-state index < -0.39 is 0 Å². The Labute approximate surface area is 357 Å². The van der Waals surface area contributed by atoms with Crippen LogP contribution in [-0.2, 0) is 19.1 Å². The monoisotopic (exact) mass is 852 g/mol. The van der Waals surface area contributed by atoms with Crippen molar-refractivity contribution in [2.75, 3.05) is 51.0 Å². The normalized spacial score (nSPS) is 12.7. The molecule has 328 valence electrons. The van der Waals surface area contributed by atoms with Gasteiger partial charge >= 0.3 is 11.9 Å². The summed E-state index contributed by atoms with van der Waals surface area (Å²) < 4.78 is 11.3. The minimum Gasteiger partial charge on any atom is -0.465 e. The van der Waals surface area contributed by atoms with Crippen molar-refractivity contribution >= 4 is 55.1 Å². The largest absolute Gasteiger partial charge is 0.465 e. The van der Waals surface area contributed by atoms with Crippen molar-refractivity contribution in [2.45, 2.75) is 224 Å². The fraction of sp³-hybridized carbons (Fsp3) is 0.956. The summed E-state index contributed by atoms with van der Waals surface area (Å²) in [6.45, 7) is 12.2. The third kappa shape index (κ3) is 40.8. The molecule has 0 amide bonds.